The molecule has 0 aliphatic carbocycles. The molecule has 0 unspecified atom stereocenters. The number of anilines is 1. The number of benzene rings is 2. The quantitative estimate of drug-likeness (QED) is 0.437. The van der Waals surface area contributed by atoms with Gasteiger partial charge < -0.3 is 4.90 Å². The molecule has 134 valence electrons. The second-order valence-corrected chi connectivity index (χ2v) is 6.89. The SMILES string of the molecule is CCN(CC)c1ccc(C=Nn2c(-c3ccccc3Br)n[nH]c2=S)cc1. The van der Waals surface area contributed by atoms with E-state index in [0.717, 1.165) is 28.7 Å². The summed E-state index contributed by atoms with van der Waals surface area (Å²) in [6.07, 6.45) is 1.79. The lowest BCUT2D eigenvalue weighted by molar-refractivity contribution is 0.865. The van der Waals surface area contributed by atoms with Gasteiger partial charge in [-0.15, -0.1) is 0 Å². The van der Waals surface area contributed by atoms with E-state index in [2.05, 4.69) is 74.2 Å². The Labute approximate surface area is 166 Å². The van der Waals surface area contributed by atoms with Crippen molar-refractivity contribution in [3.8, 4) is 11.4 Å². The molecular formula is C19H20BrN5S. The van der Waals surface area contributed by atoms with Crippen LogP contribution in [0.15, 0.2) is 58.1 Å². The summed E-state index contributed by atoms with van der Waals surface area (Å²) in [5.41, 5.74) is 3.14. The highest BCUT2D eigenvalue weighted by molar-refractivity contribution is 9.10. The highest BCUT2D eigenvalue weighted by atomic mass is 79.9. The largest absolute Gasteiger partial charge is 0.372 e. The zero-order chi connectivity index (χ0) is 18.5. The number of hydrogen-bond acceptors (Lipinski definition) is 4. The van der Waals surface area contributed by atoms with Gasteiger partial charge in [0, 0.05) is 28.8 Å². The Balaban J connectivity index is 1.89. The smallest absolute Gasteiger partial charge is 0.216 e. The second kappa shape index (κ2) is 8.42. The Morgan fingerprint density at radius 2 is 1.85 bits per heavy atom. The van der Waals surface area contributed by atoms with E-state index in [0.29, 0.717) is 10.6 Å². The molecular weight excluding hydrogens is 410 g/mol. The average molecular weight is 430 g/mol. The van der Waals surface area contributed by atoms with Crippen molar-refractivity contribution in [2.45, 2.75) is 13.8 Å². The van der Waals surface area contributed by atoms with Crippen LogP contribution in [0.2, 0.25) is 0 Å². The summed E-state index contributed by atoms with van der Waals surface area (Å²) in [5.74, 6) is 0.665. The van der Waals surface area contributed by atoms with Crippen molar-refractivity contribution in [3.05, 3.63) is 63.3 Å². The molecule has 0 aliphatic heterocycles. The first-order valence-corrected chi connectivity index (χ1v) is 9.65. The van der Waals surface area contributed by atoms with Crippen LogP contribution < -0.4 is 4.90 Å². The van der Waals surface area contributed by atoms with Crippen LogP contribution in [0.1, 0.15) is 19.4 Å². The third kappa shape index (κ3) is 3.94. The average Bonchev–Trinajstić information content (AvgIpc) is 3.03. The topological polar surface area (TPSA) is 49.2 Å². The number of nitrogens with one attached hydrogen (secondary N) is 1. The molecule has 7 heteroatoms. The maximum atomic E-state index is 5.33. The number of aromatic nitrogens is 3. The Morgan fingerprint density at radius 1 is 1.15 bits per heavy atom. The summed E-state index contributed by atoms with van der Waals surface area (Å²) in [7, 11) is 0. The lowest BCUT2D eigenvalue weighted by Crippen LogP contribution is -2.21. The summed E-state index contributed by atoms with van der Waals surface area (Å²) >= 11 is 8.88. The maximum Gasteiger partial charge on any atom is 0.216 e. The minimum absolute atomic E-state index is 0.451. The van der Waals surface area contributed by atoms with Gasteiger partial charge in [-0.05, 0) is 55.9 Å². The second-order valence-electron chi connectivity index (χ2n) is 5.65. The summed E-state index contributed by atoms with van der Waals surface area (Å²) in [6, 6.07) is 16.2. The van der Waals surface area contributed by atoms with Gasteiger partial charge in [-0.3, -0.25) is 0 Å². The predicted molar refractivity (Wildman–Crippen MR) is 114 cm³/mol. The first kappa shape index (κ1) is 18.5. The van der Waals surface area contributed by atoms with Crippen molar-refractivity contribution >= 4 is 40.0 Å². The van der Waals surface area contributed by atoms with E-state index in [-0.39, 0.29) is 0 Å². The Bertz CT molecular complexity index is 955. The molecule has 3 aromatic rings. The van der Waals surface area contributed by atoms with Gasteiger partial charge in [-0.25, -0.2) is 5.10 Å². The Morgan fingerprint density at radius 3 is 2.50 bits per heavy atom. The molecule has 0 atom stereocenters. The first-order chi connectivity index (χ1) is 12.6. The molecule has 1 N–H and O–H groups in total. The fourth-order valence-electron chi connectivity index (χ4n) is 2.70. The van der Waals surface area contributed by atoms with Gasteiger partial charge in [-0.1, -0.05) is 40.2 Å². The van der Waals surface area contributed by atoms with Crippen LogP contribution in [0.5, 0.6) is 0 Å². The summed E-state index contributed by atoms with van der Waals surface area (Å²) < 4.78 is 3.02. The van der Waals surface area contributed by atoms with Gasteiger partial charge in [0.25, 0.3) is 0 Å². The summed E-state index contributed by atoms with van der Waals surface area (Å²) in [6.45, 7) is 6.29. The predicted octanol–water partition coefficient (Wildman–Crippen LogP) is 5.10. The Kier molecular flexibility index (Phi) is 6.00. The molecule has 0 saturated carbocycles. The minimum Gasteiger partial charge on any atom is -0.372 e. The summed E-state index contributed by atoms with van der Waals surface area (Å²) in [5, 5.41) is 11.7. The van der Waals surface area contributed by atoms with E-state index >= 15 is 0 Å². The zero-order valence-corrected chi connectivity index (χ0v) is 17.1. The third-order valence-electron chi connectivity index (χ3n) is 4.11. The number of hydrogen-bond donors (Lipinski definition) is 1. The molecule has 0 fully saturated rings. The normalized spacial score (nSPS) is 11.2. The summed E-state index contributed by atoms with van der Waals surface area (Å²) in [4.78, 5) is 2.30. The van der Waals surface area contributed by atoms with E-state index in [1.165, 1.54) is 5.69 Å². The third-order valence-corrected chi connectivity index (χ3v) is 5.06. The fraction of sp³-hybridized carbons (Fsp3) is 0.211. The van der Waals surface area contributed by atoms with E-state index < -0.39 is 0 Å². The highest BCUT2D eigenvalue weighted by Crippen LogP contribution is 2.26. The van der Waals surface area contributed by atoms with Crippen molar-refractivity contribution in [1.29, 1.82) is 0 Å². The number of halogens is 1. The maximum absolute atomic E-state index is 5.33. The van der Waals surface area contributed by atoms with E-state index in [1.807, 2.05) is 24.3 Å². The van der Waals surface area contributed by atoms with Crippen molar-refractivity contribution in [1.82, 2.24) is 14.9 Å². The number of rotatable bonds is 6. The van der Waals surface area contributed by atoms with Gasteiger partial charge in [0.2, 0.25) is 4.77 Å². The van der Waals surface area contributed by atoms with Gasteiger partial charge in [0.15, 0.2) is 5.82 Å². The molecule has 1 heterocycles. The molecule has 0 amide bonds. The first-order valence-electron chi connectivity index (χ1n) is 8.45. The van der Waals surface area contributed by atoms with E-state index in [1.54, 1.807) is 10.9 Å². The van der Waals surface area contributed by atoms with Crippen molar-refractivity contribution in [2.24, 2.45) is 5.10 Å². The molecule has 0 spiro atoms. The standard InChI is InChI=1S/C19H20BrN5S/c1-3-24(4-2)15-11-9-14(10-12-15)13-21-25-18(22-23-19(25)26)16-7-5-6-8-17(16)20/h5-13H,3-4H2,1-2H3,(H,23,26). The monoisotopic (exact) mass is 429 g/mol. The van der Waals surface area contributed by atoms with Crippen LogP contribution in [0.4, 0.5) is 5.69 Å². The molecule has 0 saturated heterocycles. The van der Waals surface area contributed by atoms with Crippen LogP contribution in [0, 0.1) is 4.77 Å². The van der Waals surface area contributed by atoms with Crippen molar-refractivity contribution < 1.29 is 0 Å². The van der Waals surface area contributed by atoms with Crippen molar-refractivity contribution in [3.63, 3.8) is 0 Å². The van der Waals surface area contributed by atoms with E-state index in [9.17, 15) is 0 Å². The molecule has 0 aliphatic rings. The number of H-pyrrole nitrogens is 1. The van der Waals surface area contributed by atoms with Gasteiger partial charge in [0.1, 0.15) is 0 Å². The lowest BCUT2D eigenvalue weighted by Gasteiger charge is -2.20. The Hall–Kier alpha value is -2.25. The lowest BCUT2D eigenvalue weighted by atomic mass is 10.2. The van der Waals surface area contributed by atoms with Crippen LogP contribution in [0.3, 0.4) is 0 Å². The highest BCUT2D eigenvalue weighted by Gasteiger charge is 2.10. The molecule has 0 radical (unpaired) electrons. The molecule has 26 heavy (non-hydrogen) atoms. The van der Waals surface area contributed by atoms with Crippen LogP contribution in [-0.4, -0.2) is 34.2 Å². The van der Waals surface area contributed by atoms with Crippen LogP contribution >= 0.6 is 28.1 Å². The van der Waals surface area contributed by atoms with Gasteiger partial charge in [-0.2, -0.15) is 14.9 Å². The number of nitrogens with zero attached hydrogens (tertiary/aromatic N) is 4. The van der Waals surface area contributed by atoms with Crippen LogP contribution in [-0.2, 0) is 0 Å². The molecule has 0 bridgehead atoms. The molecule has 2 aromatic carbocycles. The number of aromatic amines is 1. The zero-order valence-electron chi connectivity index (χ0n) is 14.7. The molecule has 5 nitrogen and oxygen atoms in total. The van der Waals surface area contributed by atoms with Crippen molar-refractivity contribution in [2.75, 3.05) is 18.0 Å². The van der Waals surface area contributed by atoms with Crippen LogP contribution in [0.25, 0.3) is 11.4 Å². The minimum atomic E-state index is 0.451. The van der Waals surface area contributed by atoms with Gasteiger partial charge >= 0.3 is 0 Å². The van der Waals surface area contributed by atoms with Gasteiger partial charge in [0.05, 0.1) is 6.21 Å². The molecule has 3 rings (SSSR count). The molecule has 1 aromatic heterocycles. The fourth-order valence-corrected chi connectivity index (χ4v) is 3.34. The van der Waals surface area contributed by atoms with E-state index in [4.69, 9.17) is 12.2 Å².